The minimum atomic E-state index is -0.315. The second kappa shape index (κ2) is 10.2. The zero-order valence-corrected chi connectivity index (χ0v) is 17.9. The maximum absolute atomic E-state index is 12.7. The monoisotopic (exact) mass is 414 g/mol. The highest BCUT2D eigenvalue weighted by Gasteiger charge is 2.26. The van der Waals surface area contributed by atoms with E-state index in [2.05, 4.69) is 15.4 Å². The summed E-state index contributed by atoms with van der Waals surface area (Å²) in [7, 11) is 1.64. The molecule has 0 saturated carbocycles. The Kier molecular flexibility index (Phi) is 7.46. The standard InChI is InChI=1S/C22H30N4O4/c1-16-15-20(30-24-16)23-22(28)17(2)25-11-4-12-26(14-13-25)21(27)10-7-18-5-8-19(29-3)9-6-18/h5-6,8-9,15,17H,4,7,10-14H2,1-3H3,(H,23,28). The first kappa shape index (κ1) is 21.8. The van der Waals surface area contributed by atoms with Crippen molar-refractivity contribution in [2.45, 2.75) is 39.2 Å². The van der Waals surface area contributed by atoms with Crippen molar-refractivity contribution in [3.05, 3.63) is 41.6 Å². The molecular weight excluding hydrogens is 384 g/mol. The number of hydrogen-bond donors (Lipinski definition) is 1. The molecule has 1 aromatic carbocycles. The van der Waals surface area contributed by atoms with Gasteiger partial charge in [0.05, 0.1) is 18.8 Å². The number of hydrogen-bond acceptors (Lipinski definition) is 6. The fourth-order valence-electron chi connectivity index (χ4n) is 3.59. The lowest BCUT2D eigenvalue weighted by molar-refractivity contribution is -0.131. The van der Waals surface area contributed by atoms with Crippen molar-refractivity contribution in [1.29, 1.82) is 0 Å². The Morgan fingerprint density at radius 2 is 1.97 bits per heavy atom. The second-order valence-corrected chi connectivity index (χ2v) is 7.62. The van der Waals surface area contributed by atoms with Gasteiger partial charge in [0.15, 0.2) is 0 Å². The normalized spacial score (nSPS) is 16.0. The third-order valence-electron chi connectivity index (χ3n) is 5.47. The zero-order chi connectivity index (χ0) is 21.5. The van der Waals surface area contributed by atoms with E-state index in [1.54, 1.807) is 20.1 Å². The summed E-state index contributed by atoms with van der Waals surface area (Å²) in [6, 6.07) is 9.19. The second-order valence-electron chi connectivity index (χ2n) is 7.62. The van der Waals surface area contributed by atoms with Crippen LogP contribution in [-0.4, -0.2) is 66.1 Å². The molecule has 1 saturated heterocycles. The Morgan fingerprint density at radius 3 is 2.63 bits per heavy atom. The molecule has 1 N–H and O–H groups in total. The zero-order valence-electron chi connectivity index (χ0n) is 17.9. The lowest BCUT2D eigenvalue weighted by Gasteiger charge is -2.26. The molecule has 8 nitrogen and oxygen atoms in total. The van der Waals surface area contributed by atoms with Gasteiger partial charge in [-0.05, 0) is 44.4 Å². The molecule has 0 aliphatic carbocycles. The van der Waals surface area contributed by atoms with E-state index in [1.165, 1.54) is 0 Å². The van der Waals surface area contributed by atoms with E-state index < -0.39 is 0 Å². The molecule has 1 atom stereocenters. The predicted molar refractivity (Wildman–Crippen MR) is 113 cm³/mol. The van der Waals surface area contributed by atoms with Gasteiger partial charge < -0.3 is 14.2 Å². The van der Waals surface area contributed by atoms with E-state index in [0.29, 0.717) is 38.4 Å². The number of methoxy groups -OCH3 is 1. The average Bonchev–Trinajstić information content (AvgIpc) is 3.01. The highest BCUT2D eigenvalue weighted by atomic mass is 16.5. The minimum Gasteiger partial charge on any atom is -0.497 e. The molecule has 2 aromatic rings. The number of rotatable bonds is 7. The van der Waals surface area contributed by atoms with Crippen molar-refractivity contribution in [3.63, 3.8) is 0 Å². The third kappa shape index (κ3) is 5.82. The largest absolute Gasteiger partial charge is 0.497 e. The van der Waals surface area contributed by atoms with Crippen LogP contribution in [0.2, 0.25) is 0 Å². The lowest BCUT2D eigenvalue weighted by atomic mass is 10.1. The first-order valence-corrected chi connectivity index (χ1v) is 10.3. The van der Waals surface area contributed by atoms with Crippen molar-refractivity contribution in [3.8, 4) is 5.75 Å². The predicted octanol–water partition coefficient (Wildman–Crippen LogP) is 2.49. The molecule has 1 unspecified atom stereocenters. The fraction of sp³-hybridized carbons (Fsp3) is 0.500. The first-order valence-electron chi connectivity index (χ1n) is 10.3. The van der Waals surface area contributed by atoms with Gasteiger partial charge >= 0.3 is 0 Å². The van der Waals surface area contributed by atoms with Crippen LogP contribution < -0.4 is 10.1 Å². The number of carbonyl (C=O) groups is 2. The van der Waals surface area contributed by atoms with Crippen LogP contribution in [0.25, 0.3) is 0 Å². The summed E-state index contributed by atoms with van der Waals surface area (Å²) in [6.45, 7) is 6.45. The number of aryl methyl sites for hydroxylation is 2. The summed E-state index contributed by atoms with van der Waals surface area (Å²) in [5.41, 5.74) is 1.84. The molecule has 30 heavy (non-hydrogen) atoms. The summed E-state index contributed by atoms with van der Waals surface area (Å²) in [6.07, 6.45) is 2.03. The van der Waals surface area contributed by atoms with Crippen LogP contribution in [0.4, 0.5) is 5.88 Å². The van der Waals surface area contributed by atoms with Gasteiger partial charge in [-0.15, -0.1) is 0 Å². The van der Waals surface area contributed by atoms with Gasteiger partial charge in [0.1, 0.15) is 5.75 Å². The summed E-state index contributed by atoms with van der Waals surface area (Å²) >= 11 is 0. The van der Waals surface area contributed by atoms with Crippen LogP contribution in [0.1, 0.15) is 31.0 Å². The van der Waals surface area contributed by atoms with Gasteiger partial charge in [0, 0.05) is 38.7 Å². The molecule has 162 valence electrons. The van der Waals surface area contributed by atoms with Crippen LogP contribution in [-0.2, 0) is 16.0 Å². The Balaban J connectivity index is 1.47. The van der Waals surface area contributed by atoms with E-state index in [9.17, 15) is 9.59 Å². The van der Waals surface area contributed by atoms with Gasteiger partial charge in [0.25, 0.3) is 0 Å². The summed E-state index contributed by atoms with van der Waals surface area (Å²) < 4.78 is 10.2. The molecule has 0 radical (unpaired) electrons. The maximum Gasteiger partial charge on any atom is 0.243 e. The van der Waals surface area contributed by atoms with Crippen molar-refractivity contribution in [2.24, 2.45) is 0 Å². The molecule has 1 aliphatic heterocycles. The number of benzene rings is 1. The average molecular weight is 415 g/mol. The number of aromatic nitrogens is 1. The molecule has 1 fully saturated rings. The highest BCUT2D eigenvalue weighted by Crippen LogP contribution is 2.15. The van der Waals surface area contributed by atoms with Gasteiger partial charge in [-0.1, -0.05) is 17.3 Å². The Labute approximate surface area is 177 Å². The number of carbonyl (C=O) groups excluding carboxylic acids is 2. The van der Waals surface area contributed by atoms with Crippen LogP contribution in [0.3, 0.4) is 0 Å². The molecule has 8 heteroatoms. The van der Waals surface area contributed by atoms with E-state index in [0.717, 1.165) is 30.0 Å². The number of nitrogens with one attached hydrogen (secondary N) is 1. The molecule has 0 bridgehead atoms. The molecule has 1 aromatic heterocycles. The minimum absolute atomic E-state index is 0.134. The molecule has 2 amide bonds. The van der Waals surface area contributed by atoms with Crippen molar-refractivity contribution >= 4 is 17.7 Å². The lowest BCUT2D eigenvalue weighted by Crippen LogP contribution is -2.44. The third-order valence-corrected chi connectivity index (χ3v) is 5.47. The van der Waals surface area contributed by atoms with Crippen LogP contribution in [0.15, 0.2) is 34.9 Å². The molecule has 3 rings (SSSR count). The maximum atomic E-state index is 12.7. The smallest absolute Gasteiger partial charge is 0.243 e. The molecule has 2 heterocycles. The van der Waals surface area contributed by atoms with E-state index in [4.69, 9.17) is 9.26 Å². The van der Waals surface area contributed by atoms with E-state index >= 15 is 0 Å². The quantitative estimate of drug-likeness (QED) is 0.749. The van der Waals surface area contributed by atoms with Crippen molar-refractivity contribution in [1.82, 2.24) is 15.0 Å². The Hall–Kier alpha value is -2.87. The van der Waals surface area contributed by atoms with Gasteiger partial charge in [-0.3, -0.25) is 19.8 Å². The van der Waals surface area contributed by atoms with Gasteiger partial charge in [-0.25, -0.2) is 0 Å². The van der Waals surface area contributed by atoms with Gasteiger partial charge in [-0.2, -0.15) is 0 Å². The molecule has 0 spiro atoms. The first-order chi connectivity index (χ1) is 14.5. The van der Waals surface area contributed by atoms with Crippen LogP contribution >= 0.6 is 0 Å². The molecular formula is C22H30N4O4. The van der Waals surface area contributed by atoms with Crippen molar-refractivity contribution in [2.75, 3.05) is 38.6 Å². The summed E-state index contributed by atoms with van der Waals surface area (Å²) in [5, 5.41) is 6.54. The summed E-state index contributed by atoms with van der Waals surface area (Å²) in [4.78, 5) is 29.2. The number of nitrogens with zero attached hydrogens (tertiary/aromatic N) is 3. The summed E-state index contributed by atoms with van der Waals surface area (Å²) in [5.74, 6) is 1.19. The number of anilines is 1. The van der Waals surface area contributed by atoms with Crippen LogP contribution in [0.5, 0.6) is 5.75 Å². The van der Waals surface area contributed by atoms with Crippen molar-refractivity contribution < 1.29 is 18.8 Å². The number of ether oxygens (including phenoxy) is 1. The van der Waals surface area contributed by atoms with Gasteiger partial charge in [0.2, 0.25) is 17.7 Å². The van der Waals surface area contributed by atoms with E-state index in [-0.39, 0.29) is 17.9 Å². The SMILES string of the molecule is COc1ccc(CCC(=O)N2CCCN(C(C)C(=O)Nc3cc(C)no3)CC2)cc1. The number of amides is 2. The molecule has 1 aliphatic rings. The Bertz CT molecular complexity index is 849. The van der Waals surface area contributed by atoms with Crippen LogP contribution in [0, 0.1) is 6.92 Å². The fourth-order valence-corrected chi connectivity index (χ4v) is 3.59. The van der Waals surface area contributed by atoms with E-state index in [1.807, 2.05) is 36.1 Å². The Morgan fingerprint density at radius 1 is 1.20 bits per heavy atom. The topological polar surface area (TPSA) is 87.9 Å². The highest BCUT2D eigenvalue weighted by molar-refractivity contribution is 5.93.